The Balaban J connectivity index is 0.000000527. The van der Waals surface area contributed by atoms with Crippen LogP contribution in [0.5, 0.6) is 0 Å². The van der Waals surface area contributed by atoms with Gasteiger partial charge in [0.25, 0.3) is 5.91 Å². The Bertz CT molecular complexity index is 585. The number of nitrogens with one attached hydrogen (secondary N) is 1. The first kappa shape index (κ1) is 23.9. The molecule has 0 saturated heterocycles. The number of carbonyl (C=O) groups is 1. The summed E-state index contributed by atoms with van der Waals surface area (Å²) in [6.07, 6.45) is 5.91. The van der Waals surface area contributed by atoms with Crippen molar-refractivity contribution in [3.05, 3.63) is 29.3 Å². The second-order valence-corrected chi connectivity index (χ2v) is 7.96. The molecule has 1 aromatic carbocycles. The van der Waals surface area contributed by atoms with Gasteiger partial charge in [-0.15, -0.1) is 11.8 Å². The molecule has 1 aromatic rings. The molecule has 1 aliphatic carbocycles. The van der Waals surface area contributed by atoms with Crippen LogP contribution in [0.3, 0.4) is 0 Å². The van der Waals surface area contributed by atoms with E-state index >= 15 is 0 Å². The van der Waals surface area contributed by atoms with Crippen molar-refractivity contribution >= 4 is 17.7 Å². The van der Waals surface area contributed by atoms with Gasteiger partial charge in [-0.1, -0.05) is 52.9 Å². The highest BCUT2D eigenvalue weighted by molar-refractivity contribution is 7.98. The molecule has 0 aliphatic heterocycles. The second kappa shape index (κ2) is 11.6. The number of amides is 1. The molecule has 0 unspecified atom stereocenters. The SMILES string of the molecule is CCCCCC.CSc1cc(C(F)(F)F)ccc1C(=O)N[C@H]1CCC[C@H]1C. The third kappa shape index (κ3) is 7.76. The van der Waals surface area contributed by atoms with Gasteiger partial charge in [-0.2, -0.15) is 13.2 Å². The van der Waals surface area contributed by atoms with Crippen LogP contribution in [0.25, 0.3) is 0 Å². The van der Waals surface area contributed by atoms with E-state index < -0.39 is 11.7 Å². The summed E-state index contributed by atoms with van der Waals surface area (Å²) in [5.41, 5.74) is -0.410. The predicted molar refractivity (Wildman–Crippen MR) is 107 cm³/mol. The maximum absolute atomic E-state index is 12.7. The van der Waals surface area contributed by atoms with Crippen molar-refractivity contribution in [1.82, 2.24) is 5.32 Å². The van der Waals surface area contributed by atoms with Gasteiger partial charge in [0.05, 0.1) is 11.1 Å². The number of halogens is 3. The van der Waals surface area contributed by atoms with Gasteiger partial charge < -0.3 is 5.32 Å². The summed E-state index contributed by atoms with van der Waals surface area (Å²) in [7, 11) is 0. The van der Waals surface area contributed by atoms with Crippen LogP contribution in [-0.2, 0) is 6.18 Å². The minimum absolute atomic E-state index is 0.120. The van der Waals surface area contributed by atoms with Crippen LogP contribution in [-0.4, -0.2) is 18.2 Å². The van der Waals surface area contributed by atoms with Crippen LogP contribution in [0.1, 0.15) is 81.6 Å². The van der Waals surface area contributed by atoms with E-state index in [1.807, 2.05) is 0 Å². The third-order valence-electron chi connectivity index (χ3n) is 4.91. The van der Waals surface area contributed by atoms with Crippen molar-refractivity contribution in [2.45, 2.75) is 82.8 Å². The van der Waals surface area contributed by atoms with Crippen LogP contribution in [0.2, 0.25) is 0 Å². The first-order valence-corrected chi connectivity index (χ1v) is 11.0. The lowest BCUT2D eigenvalue weighted by Crippen LogP contribution is -2.36. The van der Waals surface area contributed by atoms with Crippen molar-refractivity contribution in [3.63, 3.8) is 0 Å². The third-order valence-corrected chi connectivity index (χ3v) is 5.69. The molecule has 1 amide bonds. The maximum Gasteiger partial charge on any atom is 0.416 e. The fourth-order valence-corrected chi connectivity index (χ4v) is 3.79. The molecule has 1 fully saturated rings. The van der Waals surface area contributed by atoms with E-state index in [2.05, 4.69) is 26.1 Å². The molecule has 0 aromatic heterocycles. The zero-order valence-electron chi connectivity index (χ0n) is 16.8. The van der Waals surface area contributed by atoms with Crippen molar-refractivity contribution in [1.29, 1.82) is 0 Å². The number of unbranched alkanes of at least 4 members (excludes halogenated alkanes) is 3. The van der Waals surface area contributed by atoms with E-state index in [0.717, 1.165) is 43.2 Å². The largest absolute Gasteiger partial charge is 0.416 e. The topological polar surface area (TPSA) is 29.1 Å². The smallest absolute Gasteiger partial charge is 0.349 e. The standard InChI is InChI=1S/C15H18F3NOS.C6H14/c1-9-4-3-5-12(9)19-14(20)11-7-6-10(15(16,17)18)8-13(11)21-2;1-3-5-6-4-2/h6-9,12H,3-5H2,1-2H3,(H,19,20);3-6H2,1-2H3/t9-,12+;/m1./s1. The summed E-state index contributed by atoms with van der Waals surface area (Å²) < 4.78 is 38.1. The molecule has 0 radical (unpaired) electrons. The summed E-state index contributed by atoms with van der Waals surface area (Å²) in [6.45, 7) is 6.55. The number of alkyl halides is 3. The molecule has 2 atom stereocenters. The van der Waals surface area contributed by atoms with E-state index in [9.17, 15) is 18.0 Å². The first-order valence-electron chi connectivity index (χ1n) is 9.80. The molecule has 154 valence electrons. The van der Waals surface area contributed by atoms with Crippen LogP contribution < -0.4 is 5.32 Å². The average Bonchev–Trinajstić information content (AvgIpc) is 3.03. The summed E-state index contributed by atoms with van der Waals surface area (Å²) in [6, 6.07) is 3.39. The van der Waals surface area contributed by atoms with Crippen molar-refractivity contribution in [2.75, 3.05) is 6.26 Å². The summed E-state index contributed by atoms with van der Waals surface area (Å²) in [5.74, 6) is 0.132. The number of thioether (sulfide) groups is 1. The predicted octanol–water partition coefficient (Wildman–Crippen LogP) is 6.93. The molecule has 0 heterocycles. The maximum atomic E-state index is 12.7. The van der Waals surface area contributed by atoms with Crippen LogP contribution in [0.15, 0.2) is 23.1 Å². The Labute approximate surface area is 165 Å². The fraction of sp³-hybridized carbons (Fsp3) is 0.667. The van der Waals surface area contributed by atoms with Gasteiger partial charge >= 0.3 is 6.18 Å². The number of carbonyl (C=O) groups excluding carboxylic acids is 1. The Hall–Kier alpha value is -1.17. The normalized spacial score (nSPS) is 19.4. The Morgan fingerprint density at radius 1 is 1.19 bits per heavy atom. The van der Waals surface area contributed by atoms with E-state index in [1.165, 1.54) is 31.7 Å². The number of hydrogen-bond acceptors (Lipinski definition) is 2. The van der Waals surface area contributed by atoms with Gasteiger partial charge in [0, 0.05) is 10.9 Å². The molecule has 1 N–H and O–H groups in total. The minimum atomic E-state index is -4.39. The quantitative estimate of drug-likeness (QED) is 0.412. The molecule has 2 rings (SSSR count). The van der Waals surface area contributed by atoms with Crippen molar-refractivity contribution in [3.8, 4) is 0 Å². The lowest BCUT2D eigenvalue weighted by Gasteiger charge is -2.18. The molecule has 2 nitrogen and oxygen atoms in total. The van der Waals surface area contributed by atoms with Gasteiger partial charge in [0.1, 0.15) is 0 Å². The molecular weight excluding hydrogens is 371 g/mol. The average molecular weight is 404 g/mol. The minimum Gasteiger partial charge on any atom is -0.349 e. The van der Waals surface area contributed by atoms with Gasteiger partial charge in [0.2, 0.25) is 0 Å². The van der Waals surface area contributed by atoms with Gasteiger partial charge in [0.15, 0.2) is 0 Å². The highest BCUT2D eigenvalue weighted by Crippen LogP contribution is 2.33. The van der Waals surface area contributed by atoms with Gasteiger partial charge in [-0.3, -0.25) is 4.79 Å². The zero-order chi connectivity index (χ0) is 20.4. The molecule has 27 heavy (non-hydrogen) atoms. The van der Waals surface area contributed by atoms with Gasteiger partial charge in [-0.25, -0.2) is 0 Å². The first-order chi connectivity index (χ1) is 12.7. The van der Waals surface area contributed by atoms with Crippen LogP contribution in [0, 0.1) is 5.92 Å². The van der Waals surface area contributed by atoms with Crippen molar-refractivity contribution < 1.29 is 18.0 Å². The highest BCUT2D eigenvalue weighted by atomic mass is 32.2. The summed E-state index contributed by atoms with van der Waals surface area (Å²) in [4.78, 5) is 12.6. The number of rotatable bonds is 6. The fourth-order valence-electron chi connectivity index (χ4n) is 3.16. The lowest BCUT2D eigenvalue weighted by molar-refractivity contribution is -0.137. The van der Waals surface area contributed by atoms with Crippen LogP contribution >= 0.6 is 11.8 Å². The van der Waals surface area contributed by atoms with E-state index in [4.69, 9.17) is 0 Å². The lowest BCUT2D eigenvalue weighted by atomic mass is 10.1. The monoisotopic (exact) mass is 403 g/mol. The van der Waals surface area contributed by atoms with Crippen LogP contribution in [0.4, 0.5) is 13.2 Å². The number of hydrogen-bond donors (Lipinski definition) is 1. The Morgan fingerprint density at radius 3 is 2.26 bits per heavy atom. The zero-order valence-corrected chi connectivity index (χ0v) is 17.6. The highest BCUT2D eigenvalue weighted by Gasteiger charge is 2.32. The molecule has 0 spiro atoms. The summed E-state index contributed by atoms with van der Waals surface area (Å²) >= 11 is 1.15. The number of benzene rings is 1. The van der Waals surface area contributed by atoms with Crippen molar-refractivity contribution in [2.24, 2.45) is 5.92 Å². The summed E-state index contributed by atoms with van der Waals surface area (Å²) in [5, 5.41) is 2.94. The van der Waals surface area contributed by atoms with E-state index in [0.29, 0.717) is 16.4 Å². The molecule has 0 bridgehead atoms. The second-order valence-electron chi connectivity index (χ2n) is 7.11. The molecule has 1 saturated carbocycles. The molecule has 1 aliphatic rings. The Morgan fingerprint density at radius 2 is 1.81 bits per heavy atom. The van der Waals surface area contributed by atoms with E-state index in [1.54, 1.807) is 6.26 Å². The Kier molecular flexibility index (Phi) is 10.3. The van der Waals surface area contributed by atoms with E-state index in [-0.39, 0.29) is 11.9 Å². The molecular formula is C21H32F3NOS. The molecule has 6 heteroatoms. The van der Waals surface area contributed by atoms with Gasteiger partial charge in [-0.05, 0) is 43.2 Å².